The van der Waals surface area contributed by atoms with Crippen LogP contribution in [0.3, 0.4) is 0 Å². The van der Waals surface area contributed by atoms with Crippen molar-refractivity contribution in [2.24, 2.45) is 0 Å². The Morgan fingerprint density at radius 2 is 2.29 bits per heavy atom. The highest BCUT2D eigenvalue weighted by Crippen LogP contribution is 2.31. The summed E-state index contributed by atoms with van der Waals surface area (Å²) in [4.78, 5) is 14.3. The van der Waals surface area contributed by atoms with Gasteiger partial charge in [-0.1, -0.05) is 17.7 Å². The third-order valence-corrected chi connectivity index (χ3v) is 3.69. The van der Waals surface area contributed by atoms with E-state index in [1.54, 1.807) is 23.7 Å². The Kier molecular flexibility index (Phi) is 2.70. The molecule has 0 saturated heterocycles. The van der Waals surface area contributed by atoms with Crippen LogP contribution in [0.4, 0.5) is 0 Å². The minimum Gasteiger partial charge on any atom is -0.341 e. The summed E-state index contributed by atoms with van der Waals surface area (Å²) in [5.74, 6) is 0.659. The summed E-state index contributed by atoms with van der Waals surface area (Å²) >= 11 is 7.64. The number of carbonyl (C=O) groups excluding carboxylic acids is 1. The fraction of sp³-hybridized carbons (Fsp3) is 0.300. The topological polar surface area (TPSA) is 20.3 Å². The highest BCUT2D eigenvalue weighted by Gasteiger charge is 2.19. The highest BCUT2D eigenvalue weighted by molar-refractivity contribution is 8.00. The van der Waals surface area contributed by atoms with Crippen LogP contribution in [-0.4, -0.2) is 23.6 Å². The highest BCUT2D eigenvalue weighted by atomic mass is 35.5. The molecule has 2 nitrogen and oxygen atoms in total. The predicted octanol–water partition coefficient (Wildman–Crippen LogP) is 2.40. The number of rotatable bonds is 0. The zero-order valence-electron chi connectivity index (χ0n) is 7.79. The van der Waals surface area contributed by atoms with Crippen molar-refractivity contribution in [2.75, 3.05) is 12.8 Å². The van der Waals surface area contributed by atoms with Gasteiger partial charge in [-0.2, -0.15) is 0 Å². The first-order valence-corrected chi connectivity index (χ1v) is 5.69. The molecule has 1 aliphatic rings. The van der Waals surface area contributed by atoms with Crippen molar-refractivity contribution in [3.05, 3.63) is 28.8 Å². The van der Waals surface area contributed by atoms with Gasteiger partial charge in [-0.05, 0) is 12.1 Å². The quantitative estimate of drug-likeness (QED) is 0.679. The SMILES string of the molecule is CN1Cc2c(Cl)cccc2SCC1=O. The van der Waals surface area contributed by atoms with Crippen LogP contribution in [0, 0.1) is 0 Å². The first-order chi connectivity index (χ1) is 6.68. The number of nitrogens with zero attached hydrogens (tertiary/aromatic N) is 1. The van der Waals surface area contributed by atoms with Crippen LogP contribution >= 0.6 is 23.4 Å². The van der Waals surface area contributed by atoms with E-state index >= 15 is 0 Å². The Morgan fingerprint density at radius 3 is 3.07 bits per heavy atom. The molecular weight excluding hydrogens is 218 g/mol. The molecule has 14 heavy (non-hydrogen) atoms. The first kappa shape index (κ1) is 9.87. The lowest BCUT2D eigenvalue weighted by Gasteiger charge is -2.14. The van der Waals surface area contributed by atoms with E-state index in [0.717, 1.165) is 15.5 Å². The summed E-state index contributed by atoms with van der Waals surface area (Å²) in [6.07, 6.45) is 0. The second-order valence-corrected chi connectivity index (χ2v) is 4.68. The normalized spacial score (nSPS) is 16.4. The maximum Gasteiger partial charge on any atom is 0.232 e. The van der Waals surface area contributed by atoms with Crippen molar-refractivity contribution in [3.8, 4) is 0 Å². The molecule has 0 spiro atoms. The van der Waals surface area contributed by atoms with Gasteiger partial charge in [0.2, 0.25) is 5.91 Å². The second kappa shape index (κ2) is 3.83. The van der Waals surface area contributed by atoms with Gasteiger partial charge in [0.15, 0.2) is 0 Å². The number of amides is 1. The van der Waals surface area contributed by atoms with Gasteiger partial charge < -0.3 is 4.90 Å². The van der Waals surface area contributed by atoms with E-state index < -0.39 is 0 Å². The number of benzene rings is 1. The molecule has 2 rings (SSSR count). The van der Waals surface area contributed by atoms with Crippen LogP contribution in [0.5, 0.6) is 0 Å². The molecule has 0 atom stereocenters. The summed E-state index contributed by atoms with van der Waals surface area (Å²) in [6.45, 7) is 0.612. The molecule has 0 saturated carbocycles. The fourth-order valence-electron chi connectivity index (χ4n) is 1.40. The van der Waals surface area contributed by atoms with Crippen molar-refractivity contribution >= 4 is 29.3 Å². The molecule has 1 heterocycles. The van der Waals surface area contributed by atoms with Crippen molar-refractivity contribution in [1.82, 2.24) is 4.90 Å². The number of hydrogen-bond donors (Lipinski definition) is 0. The third kappa shape index (κ3) is 1.74. The number of fused-ring (bicyclic) bond motifs is 1. The largest absolute Gasteiger partial charge is 0.341 e. The van der Waals surface area contributed by atoms with Crippen molar-refractivity contribution in [3.63, 3.8) is 0 Å². The molecule has 0 fully saturated rings. The third-order valence-electron chi connectivity index (χ3n) is 2.25. The maximum absolute atomic E-state index is 11.5. The van der Waals surface area contributed by atoms with Crippen LogP contribution in [0.15, 0.2) is 23.1 Å². The zero-order valence-corrected chi connectivity index (χ0v) is 9.36. The van der Waals surface area contributed by atoms with Crippen LogP contribution in [0.2, 0.25) is 5.02 Å². The van der Waals surface area contributed by atoms with Crippen LogP contribution in [0.25, 0.3) is 0 Å². The van der Waals surface area contributed by atoms with Gasteiger partial charge >= 0.3 is 0 Å². The number of halogens is 1. The van der Waals surface area contributed by atoms with E-state index in [0.29, 0.717) is 12.3 Å². The summed E-state index contributed by atoms with van der Waals surface area (Å²) in [5.41, 5.74) is 1.06. The Bertz CT molecular complexity index is 380. The molecule has 1 aliphatic heterocycles. The Morgan fingerprint density at radius 1 is 1.50 bits per heavy atom. The minimum atomic E-state index is 0.155. The van der Waals surface area contributed by atoms with Gasteiger partial charge in [-0.25, -0.2) is 0 Å². The molecule has 0 unspecified atom stereocenters. The fourth-order valence-corrected chi connectivity index (χ4v) is 2.72. The van der Waals surface area contributed by atoms with Crippen molar-refractivity contribution in [2.45, 2.75) is 11.4 Å². The van der Waals surface area contributed by atoms with E-state index in [1.165, 1.54) is 0 Å². The Balaban J connectivity index is 2.43. The van der Waals surface area contributed by atoms with Crippen LogP contribution < -0.4 is 0 Å². The molecule has 1 aromatic rings. The molecule has 4 heteroatoms. The second-order valence-electron chi connectivity index (χ2n) is 3.26. The van der Waals surface area contributed by atoms with Crippen molar-refractivity contribution in [1.29, 1.82) is 0 Å². The minimum absolute atomic E-state index is 0.155. The molecule has 0 N–H and O–H groups in total. The first-order valence-electron chi connectivity index (χ1n) is 4.32. The number of carbonyl (C=O) groups is 1. The molecule has 74 valence electrons. The van der Waals surface area contributed by atoms with Crippen LogP contribution in [-0.2, 0) is 11.3 Å². The van der Waals surface area contributed by atoms with Gasteiger partial charge in [0.25, 0.3) is 0 Å². The monoisotopic (exact) mass is 227 g/mol. The summed E-state index contributed by atoms with van der Waals surface area (Å²) in [7, 11) is 1.81. The number of thioether (sulfide) groups is 1. The predicted molar refractivity (Wildman–Crippen MR) is 58.7 cm³/mol. The molecular formula is C10H10ClNOS. The van der Waals surface area contributed by atoms with Gasteiger partial charge in [0.05, 0.1) is 5.75 Å². The summed E-state index contributed by atoms with van der Waals surface area (Å²) in [5, 5.41) is 0.747. The van der Waals surface area contributed by atoms with E-state index in [9.17, 15) is 4.79 Å². The average Bonchev–Trinajstić information content (AvgIpc) is 2.30. The molecule has 0 aliphatic carbocycles. The lowest BCUT2D eigenvalue weighted by Crippen LogP contribution is -2.26. The van der Waals surface area contributed by atoms with Gasteiger partial charge in [0.1, 0.15) is 0 Å². The summed E-state index contributed by atoms with van der Waals surface area (Å²) in [6, 6.07) is 5.80. The maximum atomic E-state index is 11.5. The van der Waals surface area contributed by atoms with Gasteiger partial charge in [-0.15, -0.1) is 11.8 Å². The van der Waals surface area contributed by atoms with E-state index in [4.69, 9.17) is 11.6 Å². The molecule has 0 bridgehead atoms. The van der Waals surface area contributed by atoms with E-state index in [-0.39, 0.29) is 5.91 Å². The molecule has 0 radical (unpaired) electrons. The lowest BCUT2D eigenvalue weighted by molar-refractivity contribution is -0.127. The molecule has 1 amide bonds. The van der Waals surface area contributed by atoms with Gasteiger partial charge in [0, 0.05) is 29.1 Å². The van der Waals surface area contributed by atoms with E-state index in [1.807, 2.05) is 18.2 Å². The standard InChI is InChI=1S/C10H10ClNOS/c1-12-5-7-8(11)3-2-4-9(7)14-6-10(12)13/h2-4H,5-6H2,1H3. The smallest absolute Gasteiger partial charge is 0.232 e. The summed E-state index contributed by atoms with van der Waals surface area (Å²) < 4.78 is 0. The van der Waals surface area contributed by atoms with Gasteiger partial charge in [-0.3, -0.25) is 4.79 Å². The lowest BCUT2D eigenvalue weighted by atomic mass is 10.2. The Hall–Kier alpha value is -0.670. The average molecular weight is 228 g/mol. The Labute approximate surface area is 92.2 Å². The van der Waals surface area contributed by atoms with Crippen LogP contribution in [0.1, 0.15) is 5.56 Å². The number of hydrogen-bond acceptors (Lipinski definition) is 2. The zero-order chi connectivity index (χ0) is 10.1. The van der Waals surface area contributed by atoms with Crippen molar-refractivity contribution < 1.29 is 4.79 Å². The molecule has 1 aromatic carbocycles. The van der Waals surface area contributed by atoms with E-state index in [2.05, 4.69) is 0 Å². The molecule has 0 aromatic heterocycles.